The first kappa shape index (κ1) is 14.0. The van der Waals surface area contributed by atoms with E-state index in [0.29, 0.717) is 6.61 Å². The average Bonchev–Trinajstić information content (AvgIpc) is 2.71. The number of nitrogens with two attached hydrogens (primary N) is 1. The van der Waals surface area contributed by atoms with Crippen LogP contribution in [-0.2, 0) is 4.74 Å². The fraction of sp³-hybridized carbons (Fsp3) is 0.750. The van der Waals surface area contributed by atoms with Crippen LogP contribution in [0.1, 0.15) is 45.5 Å². The summed E-state index contributed by atoms with van der Waals surface area (Å²) in [5, 5.41) is 4.31. The highest BCUT2D eigenvalue weighted by Gasteiger charge is 2.25. The van der Waals surface area contributed by atoms with E-state index in [1.807, 2.05) is 18.5 Å². The molecule has 98 valence electrons. The van der Waals surface area contributed by atoms with Crippen LogP contribution < -0.4 is 10.5 Å². The van der Waals surface area contributed by atoms with E-state index in [9.17, 15) is 0 Å². The smallest absolute Gasteiger partial charge is 0.161 e. The summed E-state index contributed by atoms with van der Waals surface area (Å²) in [5.74, 6) is 0.720. The molecule has 5 nitrogen and oxygen atoms in total. The average molecular weight is 241 g/mol. The summed E-state index contributed by atoms with van der Waals surface area (Å²) in [6, 6.07) is 0.00331. The molecule has 2 unspecified atom stereocenters. The van der Waals surface area contributed by atoms with Crippen LogP contribution in [0.2, 0.25) is 0 Å². The second-order valence-corrected chi connectivity index (χ2v) is 4.32. The van der Waals surface area contributed by atoms with Gasteiger partial charge in [0.1, 0.15) is 0 Å². The Balaban J connectivity index is 3.04. The Labute approximate surface area is 103 Å². The fourth-order valence-corrected chi connectivity index (χ4v) is 1.83. The van der Waals surface area contributed by atoms with Gasteiger partial charge in [0.05, 0.1) is 31.1 Å². The molecule has 2 N–H and O–H groups in total. The van der Waals surface area contributed by atoms with Gasteiger partial charge in [0.15, 0.2) is 5.75 Å². The fourth-order valence-electron chi connectivity index (χ4n) is 1.83. The molecule has 0 aromatic carbocycles. The highest BCUT2D eigenvalue weighted by atomic mass is 16.5. The summed E-state index contributed by atoms with van der Waals surface area (Å²) >= 11 is 0. The predicted molar refractivity (Wildman–Crippen MR) is 67.2 cm³/mol. The number of methoxy groups -OCH3 is 1. The first-order chi connectivity index (χ1) is 8.02. The van der Waals surface area contributed by atoms with Gasteiger partial charge in [0, 0.05) is 12.6 Å². The molecule has 0 amide bonds. The van der Waals surface area contributed by atoms with Crippen LogP contribution >= 0.6 is 0 Å². The molecule has 0 bridgehead atoms. The van der Waals surface area contributed by atoms with Crippen molar-refractivity contribution in [1.29, 1.82) is 0 Å². The van der Waals surface area contributed by atoms with E-state index in [4.69, 9.17) is 15.2 Å². The summed E-state index contributed by atoms with van der Waals surface area (Å²) in [6.07, 6.45) is 1.64. The normalized spacial score (nSPS) is 15.0. The SMILES string of the molecule is CCOC(C)C(N)c1c(OC)cnn1C(C)C. The Morgan fingerprint density at radius 2 is 2.06 bits per heavy atom. The van der Waals surface area contributed by atoms with Gasteiger partial charge >= 0.3 is 0 Å². The van der Waals surface area contributed by atoms with Gasteiger partial charge in [-0.1, -0.05) is 0 Å². The topological polar surface area (TPSA) is 62.3 Å². The van der Waals surface area contributed by atoms with Gasteiger partial charge in [-0.05, 0) is 27.7 Å². The number of hydrogen-bond donors (Lipinski definition) is 1. The van der Waals surface area contributed by atoms with E-state index in [1.54, 1.807) is 13.3 Å². The molecule has 0 radical (unpaired) electrons. The molecule has 0 saturated heterocycles. The molecule has 1 aromatic rings. The molecule has 1 aromatic heterocycles. The van der Waals surface area contributed by atoms with Gasteiger partial charge in [-0.25, -0.2) is 0 Å². The van der Waals surface area contributed by atoms with Crippen LogP contribution in [0.5, 0.6) is 5.75 Å². The number of nitrogens with zero attached hydrogens (tertiary/aromatic N) is 2. The summed E-state index contributed by atoms with van der Waals surface area (Å²) < 4.78 is 12.7. The zero-order valence-electron chi connectivity index (χ0n) is 11.3. The van der Waals surface area contributed by atoms with Crippen molar-refractivity contribution in [3.63, 3.8) is 0 Å². The van der Waals surface area contributed by atoms with Gasteiger partial charge in [-0.2, -0.15) is 5.10 Å². The lowest BCUT2D eigenvalue weighted by Crippen LogP contribution is -2.29. The Morgan fingerprint density at radius 1 is 1.41 bits per heavy atom. The van der Waals surface area contributed by atoms with Crippen LogP contribution in [0, 0.1) is 0 Å². The lowest BCUT2D eigenvalue weighted by molar-refractivity contribution is 0.0544. The minimum absolute atomic E-state index is 0.0666. The molecule has 0 spiro atoms. The van der Waals surface area contributed by atoms with Crippen LogP contribution in [0.4, 0.5) is 0 Å². The maximum absolute atomic E-state index is 6.22. The molecule has 1 heterocycles. The standard InChI is InChI=1S/C12H23N3O2/c1-6-17-9(4)11(13)12-10(16-5)7-14-15(12)8(2)3/h7-9,11H,6,13H2,1-5H3. The Morgan fingerprint density at radius 3 is 2.53 bits per heavy atom. The molecular formula is C12H23N3O2. The van der Waals surface area contributed by atoms with Crippen molar-refractivity contribution >= 4 is 0 Å². The Bertz CT molecular complexity index is 350. The maximum atomic E-state index is 6.22. The monoisotopic (exact) mass is 241 g/mol. The van der Waals surface area contributed by atoms with Crippen molar-refractivity contribution in [2.24, 2.45) is 5.73 Å². The highest BCUT2D eigenvalue weighted by Crippen LogP contribution is 2.28. The molecule has 2 atom stereocenters. The quantitative estimate of drug-likeness (QED) is 0.826. The molecule has 5 heteroatoms. The van der Waals surface area contributed by atoms with Gasteiger partial charge in [0.25, 0.3) is 0 Å². The van der Waals surface area contributed by atoms with Gasteiger partial charge in [0.2, 0.25) is 0 Å². The molecular weight excluding hydrogens is 218 g/mol. The first-order valence-electron chi connectivity index (χ1n) is 6.01. The second-order valence-electron chi connectivity index (χ2n) is 4.32. The largest absolute Gasteiger partial charge is 0.493 e. The maximum Gasteiger partial charge on any atom is 0.161 e. The molecule has 17 heavy (non-hydrogen) atoms. The zero-order valence-corrected chi connectivity index (χ0v) is 11.3. The van der Waals surface area contributed by atoms with Crippen LogP contribution in [0.3, 0.4) is 0 Å². The summed E-state index contributed by atoms with van der Waals surface area (Å²) in [7, 11) is 1.63. The van der Waals surface area contributed by atoms with Crippen molar-refractivity contribution in [2.75, 3.05) is 13.7 Å². The number of rotatable bonds is 6. The van der Waals surface area contributed by atoms with E-state index in [0.717, 1.165) is 11.4 Å². The minimum atomic E-state index is -0.241. The summed E-state index contributed by atoms with van der Waals surface area (Å²) in [6.45, 7) is 8.69. The zero-order chi connectivity index (χ0) is 13.0. The third-order valence-corrected chi connectivity index (χ3v) is 2.76. The molecule has 0 fully saturated rings. The van der Waals surface area contributed by atoms with Crippen molar-refractivity contribution in [3.8, 4) is 5.75 Å². The minimum Gasteiger partial charge on any atom is -0.493 e. The molecule has 0 aliphatic carbocycles. The van der Waals surface area contributed by atoms with Crippen molar-refractivity contribution in [3.05, 3.63) is 11.9 Å². The molecule has 1 rings (SSSR count). The van der Waals surface area contributed by atoms with Crippen LogP contribution in [-0.4, -0.2) is 29.6 Å². The van der Waals surface area contributed by atoms with E-state index in [1.165, 1.54) is 0 Å². The van der Waals surface area contributed by atoms with E-state index >= 15 is 0 Å². The van der Waals surface area contributed by atoms with Crippen molar-refractivity contribution < 1.29 is 9.47 Å². The van der Waals surface area contributed by atoms with Gasteiger partial charge in [-0.15, -0.1) is 0 Å². The molecule has 0 aliphatic rings. The van der Waals surface area contributed by atoms with Gasteiger partial charge in [-0.3, -0.25) is 4.68 Å². The van der Waals surface area contributed by atoms with Crippen LogP contribution in [0.25, 0.3) is 0 Å². The van der Waals surface area contributed by atoms with E-state index in [-0.39, 0.29) is 18.2 Å². The number of ether oxygens (including phenoxy) is 2. The van der Waals surface area contributed by atoms with Crippen molar-refractivity contribution in [1.82, 2.24) is 9.78 Å². The van der Waals surface area contributed by atoms with Crippen molar-refractivity contribution in [2.45, 2.75) is 45.9 Å². The summed E-state index contributed by atoms with van der Waals surface area (Å²) in [4.78, 5) is 0. The summed E-state index contributed by atoms with van der Waals surface area (Å²) in [5.41, 5.74) is 7.11. The van der Waals surface area contributed by atoms with Gasteiger partial charge < -0.3 is 15.2 Å². The Hall–Kier alpha value is -1.07. The van der Waals surface area contributed by atoms with E-state index < -0.39 is 0 Å². The lowest BCUT2D eigenvalue weighted by atomic mass is 10.1. The van der Waals surface area contributed by atoms with E-state index in [2.05, 4.69) is 18.9 Å². The second kappa shape index (κ2) is 6.02. The van der Waals surface area contributed by atoms with Crippen LogP contribution in [0.15, 0.2) is 6.20 Å². The highest BCUT2D eigenvalue weighted by molar-refractivity contribution is 5.29. The lowest BCUT2D eigenvalue weighted by Gasteiger charge is -2.23. The molecule has 0 saturated carbocycles. The third kappa shape index (κ3) is 2.98. The number of hydrogen-bond acceptors (Lipinski definition) is 4. The third-order valence-electron chi connectivity index (χ3n) is 2.76. The molecule has 0 aliphatic heterocycles. The number of aromatic nitrogens is 2. The predicted octanol–water partition coefficient (Wildman–Crippen LogP) is 1.90. The first-order valence-corrected chi connectivity index (χ1v) is 6.01. The Kier molecular flexibility index (Phi) is 4.96.